The molecule has 2 N–H and O–H groups in total. The fraction of sp³-hybridized carbons (Fsp3) is 1.00. The van der Waals surface area contributed by atoms with Crippen molar-refractivity contribution in [2.45, 2.75) is 13.0 Å². The van der Waals surface area contributed by atoms with Gasteiger partial charge in [-0.05, 0) is 6.92 Å². The van der Waals surface area contributed by atoms with Gasteiger partial charge in [-0.15, -0.1) is 0 Å². The highest BCUT2D eigenvalue weighted by atomic mass is 16.5. The molecule has 0 saturated heterocycles. The van der Waals surface area contributed by atoms with Gasteiger partial charge in [-0.3, -0.25) is 4.90 Å². The summed E-state index contributed by atoms with van der Waals surface area (Å²) in [6.07, 6.45) is 0. The van der Waals surface area contributed by atoms with Crippen LogP contribution in [0.3, 0.4) is 0 Å². The van der Waals surface area contributed by atoms with Gasteiger partial charge in [0.1, 0.15) is 0 Å². The zero-order valence-corrected chi connectivity index (χ0v) is 8.95. The summed E-state index contributed by atoms with van der Waals surface area (Å²) in [7, 11) is 3.43. The van der Waals surface area contributed by atoms with E-state index in [1.807, 2.05) is 0 Å². The number of nitrogens with two attached hydrogens (primary N) is 1. The van der Waals surface area contributed by atoms with E-state index in [1.165, 1.54) is 0 Å². The predicted molar refractivity (Wildman–Crippen MR) is 53.8 cm³/mol. The van der Waals surface area contributed by atoms with Gasteiger partial charge >= 0.3 is 0 Å². The van der Waals surface area contributed by atoms with Crippen LogP contribution in [0.15, 0.2) is 0 Å². The van der Waals surface area contributed by atoms with Crippen molar-refractivity contribution < 1.29 is 9.47 Å². The van der Waals surface area contributed by atoms with E-state index >= 15 is 0 Å². The van der Waals surface area contributed by atoms with Gasteiger partial charge < -0.3 is 15.2 Å². The summed E-state index contributed by atoms with van der Waals surface area (Å²) in [6, 6.07) is 0.406. The molecular formula is C9H22N2O2. The Hall–Kier alpha value is -0.160. The topological polar surface area (TPSA) is 47.7 Å². The highest BCUT2D eigenvalue weighted by Gasteiger charge is 2.11. The Bertz CT molecular complexity index is 112. The average molecular weight is 190 g/mol. The van der Waals surface area contributed by atoms with E-state index in [-0.39, 0.29) is 0 Å². The van der Waals surface area contributed by atoms with Crippen LogP contribution in [-0.2, 0) is 9.47 Å². The predicted octanol–water partition coefficient (Wildman–Crippen LogP) is -0.0716. The first-order valence-corrected chi connectivity index (χ1v) is 4.68. The summed E-state index contributed by atoms with van der Waals surface area (Å²) < 4.78 is 10.1. The summed E-state index contributed by atoms with van der Waals surface area (Å²) in [6.45, 7) is 6.11. The van der Waals surface area contributed by atoms with E-state index in [4.69, 9.17) is 15.2 Å². The van der Waals surface area contributed by atoms with Crippen LogP contribution in [0.5, 0.6) is 0 Å². The smallest absolute Gasteiger partial charge is 0.0615 e. The molecule has 0 heterocycles. The van der Waals surface area contributed by atoms with Crippen LogP contribution in [0, 0.1) is 0 Å². The van der Waals surface area contributed by atoms with E-state index in [2.05, 4.69) is 11.8 Å². The summed E-state index contributed by atoms with van der Waals surface area (Å²) in [5, 5.41) is 0. The lowest BCUT2D eigenvalue weighted by atomic mass is 10.3. The largest absolute Gasteiger partial charge is 0.383 e. The van der Waals surface area contributed by atoms with Gasteiger partial charge in [0, 0.05) is 39.9 Å². The molecule has 4 heteroatoms. The molecule has 0 aromatic heterocycles. The lowest BCUT2D eigenvalue weighted by Crippen LogP contribution is -2.41. The highest BCUT2D eigenvalue weighted by Crippen LogP contribution is 1.98. The minimum Gasteiger partial charge on any atom is -0.383 e. The van der Waals surface area contributed by atoms with E-state index in [1.54, 1.807) is 14.2 Å². The first-order chi connectivity index (χ1) is 6.26. The van der Waals surface area contributed by atoms with Crippen molar-refractivity contribution in [3.63, 3.8) is 0 Å². The van der Waals surface area contributed by atoms with Crippen LogP contribution < -0.4 is 5.73 Å². The SMILES string of the molecule is COCCN(CCN)C(C)COC. The highest BCUT2D eigenvalue weighted by molar-refractivity contribution is 4.66. The Morgan fingerprint density at radius 3 is 2.38 bits per heavy atom. The Morgan fingerprint density at radius 2 is 1.92 bits per heavy atom. The molecule has 0 amide bonds. The third kappa shape index (κ3) is 5.99. The van der Waals surface area contributed by atoms with Gasteiger partial charge in [-0.2, -0.15) is 0 Å². The van der Waals surface area contributed by atoms with Crippen molar-refractivity contribution in [3.05, 3.63) is 0 Å². The second-order valence-electron chi connectivity index (χ2n) is 3.12. The van der Waals surface area contributed by atoms with Gasteiger partial charge in [0.15, 0.2) is 0 Å². The van der Waals surface area contributed by atoms with E-state index in [0.717, 1.165) is 26.3 Å². The van der Waals surface area contributed by atoms with Crippen LogP contribution in [-0.4, -0.2) is 58.0 Å². The van der Waals surface area contributed by atoms with Crippen molar-refractivity contribution in [2.75, 3.05) is 47.1 Å². The number of hydrogen-bond acceptors (Lipinski definition) is 4. The fourth-order valence-electron chi connectivity index (χ4n) is 1.27. The number of hydrogen-bond donors (Lipinski definition) is 1. The molecule has 80 valence electrons. The standard InChI is InChI=1S/C9H22N2O2/c1-9(8-13-3)11(5-4-10)6-7-12-2/h9H,4-8,10H2,1-3H3. The zero-order chi connectivity index (χ0) is 10.1. The first-order valence-electron chi connectivity index (χ1n) is 4.68. The molecule has 0 aliphatic carbocycles. The maximum atomic E-state index is 5.51. The molecule has 0 fully saturated rings. The third-order valence-electron chi connectivity index (χ3n) is 2.03. The van der Waals surface area contributed by atoms with Crippen molar-refractivity contribution in [1.82, 2.24) is 4.90 Å². The van der Waals surface area contributed by atoms with Crippen LogP contribution in [0.4, 0.5) is 0 Å². The van der Waals surface area contributed by atoms with Crippen LogP contribution in [0.2, 0.25) is 0 Å². The molecule has 13 heavy (non-hydrogen) atoms. The van der Waals surface area contributed by atoms with E-state index in [9.17, 15) is 0 Å². The molecule has 0 spiro atoms. The molecule has 0 aromatic carbocycles. The molecule has 4 nitrogen and oxygen atoms in total. The van der Waals surface area contributed by atoms with Crippen molar-refractivity contribution >= 4 is 0 Å². The minimum atomic E-state index is 0.406. The maximum absolute atomic E-state index is 5.51. The van der Waals surface area contributed by atoms with Gasteiger partial charge in [-0.1, -0.05) is 0 Å². The second kappa shape index (κ2) is 8.44. The number of rotatable bonds is 8. The molecule has 0 aliphatic rings. The monoisotopic (exact) mass is 190 g/mol. The summed E-state index contributed by atoms with van der Waals surface area (Å²) in [5.41, 5.74) is 5.51. The summed E-state index contributed by atoms with van der Waals surface area (Å²) in [4.78, 5) is 2.27. The van der Waals surface area contributed by atoms with Gasteiger partial charge in [0.25, 0.3) is 0 Å². The van der Waals surface area contributed by atoms with Crippen molar-refractivity contribution in [1.29, 1.82) is 0 Å². The second-order valence-corrected chi connectivity index (χ2v) is 3.12. The third-order valence-corrected chi connectivity index (χ3v) is 2.03. The van der Waals surface area contributed by atoms with Crippen molar-refractivity contribution in [3.8, 4) is 0 Å². The summed E-state index contributed by atoms with van der Waals surface area (Å²) in [5.74, 6) is 0. The van der Waals surface area contributed by atoms with Gasteiger partial charge in [0.2, 0.25) is 0 Å². The zero-order valence-electron chi connectivity index (χ0n) is 8.95. The van der Waals surface area contributed by atoms with Gasteiger partial charge in [0.05, 0.1) is 13.2 Å². The van der Waals surface area contributed by atoms with Crippen molar-refractivity contribution in [2.24, 2.45) is 5.73 Å². The molecule has 0 rings (SSSR count). The Balaban J connectivity index is 3.75. The number of methoxy groups -OCH3 is 2. The molecule has 0 radical (unpaired) electrons. The fourth-order valence-corrected chi connectivity index (χ4v) is 1.27. The van der Waals surface area contributed by atoms with E-state index < -0.39 is 0 Å². The molecule has 1 unspecified atom stereocenters. The molecule has 0 saturated carbocycles. The first kappa shape index (κ1) is 12.8. The van der Waals surface area contributed by atoms with Crippen LogP contribution in [0.1, 0.15) is 6.92 Å². The lowest BCUT2D eigenvalue weighted by molar-refractivity contribution is 0.0771. The van der Waals surface area contributed by atoms with Crippen LogP contribution in [0.25, 0.3) is 0 Å². The summed E-state index contributed by atoms with van der Waals surface area (Å²) >= 11 is 0. The van der Waals surface area contributed by atoms with Gasteiger partial charge in [-0.25, -0.2) is 0 Å². The quantitative estimate of drug-likeness (QED) is 0.582. The maximum Gasteiger partial charge on any atom is 0.0615 e. The van der Waals surface area contributed by atoms with Crippen LogP contribution >= 0.6 is 0 Å². The normalized spacial score (nSPS) is 13.6. The molecular weight excluding hydrogens is 168 g/mol. The molecule has 0 aromatic rings. The lowest BCUT2D eigenvalue weighted by Gasteiger charge is -2.27. The van der Waals surface area contributed by atoms with E-state index in [0.29, 0.717) is 12.6 Å². The number of ether oxygens (including phenoxy) is 2. The minimum absolute atomic E-state index is 0.406. The Labute approximate surface area is 81.0 Å². The Morgan fingerprint density at radius 1 is 1.23 bits per heavy atom. The Kier molecular flexibility index (Phi) is 8.33. The number of nitrogens with zero attached hydrogens (tertiary/aromatic N) is 1. The molecule has 0 aliphatic heterocycles. The molecule has 0 bridgehead atoms. The molecule has 1 atom stereocenters. The average Bonchev–Trinajstić information content (AvgIpc) is 2.12.